The minimum atomic E-state index is -0.475. The third kappa shape index (κ3) is 4.33. The van der Waals surface area contributed by atoms with Crippen molar-refractivity contribution in [2.75, 3.05) is 20.2 Å². The molecule has 1 rings (SSSR count). The van der Waals surface area contributed by atoms with E-state index >= 15 is 0 Å². The zero-order valence-electron chi connectivity index (χ0n) is 10.5. The SMILES string of the molecule is COc1cc(C(=O)NCCCCCN)ccc1F. The van der Waals surface area contributed by atoms with Gasteiger partial charge in [-0.1, -0.05) is 6.42 Å². The summed E-state index contributed by atoms with van der Waals surface area (Å²) < 4.78 is 18.0. The van der Waals surface area contributed by atoms with E-state index in [1.54, 1.807) is 0 Å². The van der Waals surface area contributed by atoms with Gasteiger partial charge in [-0.3, -0.25) is 4.79 Å². The van der Waals surface area contributed by atoms with Crippen molar-refractivity contribution in [2.45, 2.75) is 19.3 Å². The second kappa shape index (κ2) is 7.66. The Kier molecular flexibility index (Phi) is 6.14. The molecule has 1 aromatic rings. The maximum absolute atomic E-state index is 13.2. The maximum atomic E-state index is 13.2. The molecule has 0 fully saturated rings. The number of nitrogens with one attached hydrogen (secondary N) is 1. The number of rotatable bonds is 7. The van der Waals surface area contributed by atoms with Crippen LogP contribution in [0.25, 0.3) is 0 Å². The Morgan fingerprint density at radius 2 is 2.17 bits per heavy atom. The van der Waals surface area contributed by atoms with Gasteiger partial charge in [0, 0.05) is 12.1 Å². The monoisotopic (exact) mass is 254 g/mol. The predicted molar refractivity (Wildman–Crippen MR) is 68.2 cm³/mol. The third-order valence-corrected chi connectivity index (χ3v) is 2.58. The summed E-state index contributed by atoms with van der Waals surface area (Å²) in [7, 11) is 1.37. The third-order valence-electron chi connectivity index (χ3n) is 2.58. The molecule has 0 aliphatic carbocycles. The predicted octanol–water partition coefficient (Wildman–Crippen LogP) is 1.69. The van der Waals surface area contributed by atoms with Gasteiger partial charge >= 0.3 is 0 Å². The fourth-order valence-electron chi connectivity index (χ4n) is 1.55. The van der Waals surface area contributed by atoms with Crippen molar-refractivity contribution in [1.82, 2.24) is 5.32 Å². The molecular formula is C13H19FN2O2. The topological polar surface area (TPSA) is 64.3 Å². The van der Waals surface area contributed by atoms with Crippen LogP contribution < -0.4 is 15.8 Å². The average molecular weight is 254 g/mol. The summed E-state index contributed by atoms with van der Waals surface area (Å²) in [6.07, 6.45) is 2.84. The lowest BCUT2D eigenvalue weighted by Gasteiger charge is -2.07. The van der Waals surface area contributed by atoms with Crippen LogP contribution in [-0.4, -0.2) is 26.1 Å². The number of hydrogen-bond acceptors (Lipinski definition) is 3. The highest BCUT2D eigenvalue weighted by Crippen LogP contribution is 2.17. The van der Waals surface area contributed by atoms with Crippen molar-refractivity contribution in [3.05, 3.63) is 29.6 Å². The molecule has 100 valence electrons. The summed E-state index contributed by atoms with van der Waals surface area (Å²) >= 11 is 0. The van der Waals surface area contributed by atoms with Crippen LogP contribution in [0.2, 0.25) is 0 Å². The van der Waals surface area contributed by atoms with Gasteiger partial charge in [-0.2, -0.15) is 0 Å². The highest BCUT2D eigenvalue weighted by molar-refractivity contribution is 5.94. The molecule has 0 atom stereocenters. The number of halogens is 1. The summed E-state index contributed by atoms with van der Waals surface area (Å²) in [5, 5.41) is 2.77. The Bertz CT molecular complexity index is 397. The second-order valence-electron chi connectivity index (χ2n) is 3.95. The van der Waals surface area contributed by atoms with Gasteiger partial charge in [0.1, 0.15) is 0 Å². The fraction of sp³-hybridized carbons (Fsp3) is 0.462. The van der Waals surface area contributed by atoms with E-state index in [9.17, 15) is 9.18 Å². The Balaban J connectivity index is 2.46. The molecule has 0 aliphatic rings. The molecule has 18 heavy (non-hydrogen) atoms. The highest BCUT2D eigenvalue weighted by atomic mass is 19.1. The van der Waals surface area contributed by atoms with Crippen LogP contribution in [0.1, 0.15) is 29.6 Å². The molecule has 0 saturated carbocycles. The van der Waals surface area contributed by atoms with E-state index in [4.69, 9.17) is 10.5 Å². The van der Waals surface area contributed by atoms with Gasteiger partial charge in [-0.25, -0.2) is 4.39 Å². The van der Waals surface area contributed by atoms with Crippen LogP contribution in [-0.2, 0) is 0 Å². The number of ether oxygens (including phenoxy) is 1. The largest absolute Gasteiger partial charge is 0.494 e. The van der Waals surface area contributed by atoms with Crippen molar-refractivity contribution >= 4 is 5.91 Å². The van der Waals surface area contributed by atoms with E-state index in [0.717, 1.165) is 19.3 Å². The lowest BCUT2D eigenvalue weighted by atomic mass is 10.2. The normalized spacial score (nSPS) is 10.2. The lowest BCUT2D eigenvalue weighted by Crippen LogP contribution is -2.24. The molecule has 0 bridgehead atoms. The van der Waals surface area contributed by atoms with Crippen molar-refractivity contribution in [3.63, 3.8) is 0 Å². The van der Waals surface area contributed by atoms with Crippen molar-refractivity contribution in [3.8, 4) is 5.75 Å². The lowest BCUT2D eigenvalue weighted by molar-refractivity contribution is 0.0952. The smallest absolute Gasteiger partial charge is 0.251 e. The number of methoxy groups -OCH3 is 1. The van der Waals surface area contributed by atoms with Gasteiger partial charge in [0.05, 0.1) is 7.11 Å². The number of hydrogen-bond donors (Lipinski definition) is 2. The highest BCUT2D eigenvalue weighted by Gasteiger charge is 2.09. The van der Waals surface area contributed by atoms with Crippen LogP contribution >= 0.6 is 0 Å². The molecule has 1 aromatic carbocycles. The molecule has 0 aliphatic heterocycles. The zero-order chi connectivity index (χ0) is 13.4. The van der Waals surface area contributed by atoms with Gasteiger partial charge in [0.25, 0.3) is 5.91 Å². The number of carbonyl (C=O) groups excluding carboxylic acids is 1. The van der Waals surface area contributed by atoms with E-state index in [1.807, 2.05) is 0 Å². The summed E-state index contributed by atoms with van der Waals surface area (Å²) in [4.78, 5) is 11.7. The van der Waals surface area contributed by atoms with Crippen molar-refractivity contribution in [1.29, 1.82) is 0 Å². The minimum absolute atomic E-state index is 0.0748. The van der Waals surface area contributed by atoms with Gasteiger partial charge < -0.3 is 15.8 Å². The number of benzene rings is 1. The van der Waals surface area contributed by atoms with E-state index in [1.165, 1.54) is 25.3 Å². The standard InChI is InChI=1S/C13H19FN2O2/c1-18-12-9-10(5-6-11(12)14)13(17)16-8-4-2-3-7-15/h5-6,9H,2-4,7-8,15H2,1H3,(H,16,17). The number of unbranched alkanes of at least 4 members (excludes halogenated alkanes) is 2. The van der Waals surface area contributed by atoms with Gasteiger partial charge in [0.2, 0.25) is 0 Å². The van der Waals surface area contributed by atoms with Crippen LogP contribution in [0.3, 0.4) is 0 Å². The second-order valence-corrected chi connectivity index (χ2v) is 3.95. The van der Waals surface area contributed by atoms with E-state index in [2.05, 4.69) is 5.32 Å². The molecular weight excluding hydrogens is 235 g/mol. The van der Waals surface area contributed by atoms with E-state index in [0.29, 0.717) is 18.7 Å². The van der Waals surface area contributed by atoms with Crippen LogP contribution in [0.15, 0.2) is 18.2 Å². The molecule has 3 N–H and O–H groups in total. The van der Waals surface area contributed by atoms with Crippen LogP contribution in [0.4, 0.5) is 4.39 Å². The number of nitrogens with two attached hydrogens (primary N) is 1. The maximum Gasteiger partial charge on any atom is 0.251 e. The summed E-state index contributed by atoms with van der Waals surface area (Å²) in [6, 6.07) is 4.06. The molecule has 0 saturated heterocycles. The summed E-state index contributed by atoms with van der Waals surface area (Å²) in [5.41, 5.74) is 5.77. The summed E-state index contributed by atoms with van der Waals surface area (Å²) in [5.74, 6) is -0.621. The summed E-state index contributed by atoms with van der Waals surface area (Å²) in [6.45, 7) is 1.27. The Labute approximate surface area is 106 Å². The first-order valence-electron chi connectivity index (χ1n) is 6.01. The number of carbonyl (C=O) groups is 1. The minimum Gasteiger partial charge on any atom is -0.494 e. The van der Waals surface area contributed by atoms with Crippen molar-refractivity contribution < 1.29 is 13.9 Å². The quantitative estimate of drug-likeness (QED) is 0.728. The first kappa shape index (κ1) is 14.4. The molecule has 0 unspecified atom stereocenters. The van der Waals surface area contributed by atoms with Gasteiger partial charge in [-0.05, 0) is 37.6 Å². The number of amides is 1. The molecule has 0 heterocycles. The van der Waals surface area contributed by atoms with Crippen LogP contribution in [0.5, 0.6) is 5.75 Å². The molecule has 1 amide bonds. The molecule has 5 heteroatoms. The van der Waals surface area contributed by atoms with E-state index < -0.39 is 5.82 Å². The van der Waals surface area contributed by atoms with Crippen molar-refractivity contribution in [2.24, 2.45) is 5.73 Å². The Morgan fingerprint density at radius 3 is 2.83 bits per heavy atom. The Morgan fingerprint density at radius 1 is 1.39 bits per heavy atom. The van der Waals surface area contributed by atoms with Gasteiger partial charge in [-0.15, -0.1) is 0 Å². The Hall–Kier alpha value is -1.62. The first-order valence-corrected chi connectivity index (χ1v) is 6.01. The van der Waals surface area contributed by atoms with Crippen LogP contribution in [0, 0.1) is 5.82 Å². The molecule has 0 radical (unpaired) electrons. The fourth-order valence-corrected chi connectivity index (χ4v) is 1.55. The molecule has 0 aromatic heterocycles. The average Bonchev–Trinajstić information content (AvgIpc) is 2.38. The van der Waals surface area contributed by atoms with Gasteiger partial charge in [0.15, 0.2) is 11.6 Å². The molecule has 0 spiro atoms. The zero-order valence-corrected chi connectivity index (χ0v) is 10.5. The first-order chi connectivity index (χ1) is 8.69. The van der Waals surface area contributed by atoms with E-state index in [-0.39, 0.29) is 11.7 Å². The molecule has 4 nitrogen and oxygen atoms in total.